The van der Waals surface area contributed by atoms with E-state index in [9.17, 15) is 9.59 Å². The summed E-state index contributed by atoms with van der Waals surface area (Å²) in [5.74, 6) is 4.76. The predicted molar refractivity (Wildman–Crippen MR) is 33.5 cm³/mol. The molecule has 1 rings (SSSR count). The van der Waals surface area contributed by atoms with Crippen LogP contribution in [0.5, 0.6) is 0 Å². The SMILES string of the molecule is CC(=O)N(N)C1CNC1=O. The lowest BCUT2D eigenvalue weighted by Gasteiger charge is -2.32. The molecule has 5 heteroatoms. The van der Waals surface area contributed by atoms with Crippen molar-refractivity contribution < 1.29 is 9.59 Å². The van der Waals surface area contributed by atoms with Gasteiger partial charge in [0, 0.05) is 13.5 Å². The Labute approximate surface area is 58.1 Å². The summed E-state index contributed by atoms with van der Waals surface area (Å²) < 4.78 is 0. The first-order valence-corrected chi connectivity index (χ1v) is 2.95. The molecule has 1 aliphatic rings. The number of carbonyl (C=O) groups excluding carboxylic acids is 2. The first kappa shape index (κ1) is 7.01. The third-order valence-electron chi connectivity index (χ3n) is 1.47. The van der Waals surface area contributed by atoms with E-state index < -0.39 is 6.04 Å². The van der Waals surface area contributed by atoms with Gasteiger partial charge in [0.25, 0.3) is 0 Å². The molecule has 1 fully saturated rings. The molecular weight excluding hydrogens is 134 g/mol. The number of hydrogen-bond acceptors (Lipinski definition) is 3. The molecule has 56 valence electrons. The van der Waals surface area contributed by atoms with Gasteiger partial charge in [-0.3, -0.25) is 14.6 Å². The first-order chi connectivity index (χ1) is 4.63. The lowest BCUT2D eigenvalue weighted by molar-refractivity contribution is -0.144. The number of nitrogens with two attached hydrogens (primary N) is 1. The van der Waals surface area contributed by atoms with Gasteiger partial charge in [0.1, 0.15) is 6.04 Å². The highest BCUT2D eigenvalue weighted by molar-refractivity contribution is 5.91. The molecule has 3 N–H and O–H groups in total. The predicted octanol–water partition coefficient (Wildman–Crippen LogP) is -1.79. The quantitative estimate of drug-likeness (QED) is 0.197. The Morgan fingerprint density at radius 3 is 2.60 bits per heavy atom. The van der Waals surface area contributed by atoms with Crippen LogP contribution in [0.1, 0.15) is 6.92 Å². The molecule has 2 amide bonds. The number of nitrogens with one attached hydrogen (secondary N) is 1. The van der Waals surface area contributed by atoms with Gasteiger partial charge in [-0.2, -0.15) is 0 Å². The number of hydrazine groups is 1. The average molecular weight is 143 g/mol. The molecule has 1 atom stereocenters. The zero-order chi connectivity index (χ0) is 7.72. The molecule has 0 saturated carbocycles. The first-order valence-electron chi connectivity index (χ1n) is 2.95. The highest BCUT2D eigenvalue weighted by Crippen LogP contribution is 2.00. The van der Waals surface area contributed by atoms with Gasteiger partial charge in [0.05, 0.1) is 0 Å². The van der Waals surface area contributed by atoms with Crippen molar-refractivity contribution in [2.24, 2.45) is 5.84 Å². The number of amides is 2. The molecule has 0 aliphatic carbocycles. The van der Waals surface area contributed by atoms with E-state index in [-0.39, 0.29) is 11.8 Å². The number of carbonyl (C=O) groups is 2. The fourth-order valence-corrected chi connectivity index (χ4v) is 0.721. The van der Waals surface area contributed by atoms with Crippen LogP contribution in [0.4, 0.5) is 0 Å². The highest BCUT2D eigenvalue weighted by atomic mass is 16.2. The maximum absolute atomic E-state index is 10.6. The minimum atomic E-state index is -0.447. The van der Waals surface area contributed by atoms with Crippen LogP contribution in [0, 0.1) is 0 Å². The molecule has 0 aromatic heterocycles. The molecule has 0 aromatic carbocycles. The average Bonchev–Trinajstić information content (AvgIpc) is 1.84. The van der Waals surface area contributed by atoms with E-state index >= 15 is 0 Å². The minimum absolute atomic E-state index is 0.183. The van der Waals surface area contributed by atoms with Gasteiger partial charge >= 0.3 is 0 Å². The molecule has 1 heterocycles. The fraction of sp³-hybridized carbons (Fsp3) is 0.600. The minimum Gasteiger partial charge on any atom is -0.352 e. The number of rotatable bonds is 1. The standard InChI is InChI=1S/C5H9N3O2/c1-3(9)8(6)4-2-7-5(4)10/h4H,2,6H2,1H3,(H,7,10). The number of β-lactam (4-membered cyclic amide) rings is 1. The number of nitrogens with zero attached hydrogens (tertiary/aromatic N) is 1. The summed E-state index contributed by atoms with van der Waals surface area (Å²) in [6.45, 7) is 1.79. The van der Waals surface area contributed by atoms with Gasteiger partial charge < -0.3 is 5.32 Å². The van der Waals surface area contributed by atoms with Crippen molar-refractivity contribution in [3.8, 4) is 0 Å². The Morgan fingerprint density at radius 1 is 1.90 bits per heavy atom. The van der Waals surface area contributed by atoms with E-state index in [1.165, 1.54) is 6.92 Å². The van der Waals surface area contributed by atoms with Crippen molar-refractivity contribution >= 4 is 11.8 Å². The van der Waals surface area contributed by atoms with E-state index in [4.69, 9.17) is 5.84 Å². The van der Waals surface area contributed by atoms with Crippen LogP contribution in [-0.4, -0.2) is 29.4 Å². The normalized spacial score (nSPS) is 23.0. The molecule has 0 aromatic rings. The van der Waals surface area contributed by atoms with E-state index in [2.05, 4.69) is 5.32 Å². The highest BCUT2D eigenvalue weighted by Gasteiger charge is 2.33. The van der Waals surface area contributed by atoms with Crippen LogP contribution < -0.4 is 11.2 Å². The third kappa shape index (κ3) is 0.950. The zero-order valence-electron chi connectivity index (χ0n) is 5.63. The van der Waals surface area contributed by atoms with Gasteiger partial charge in [-0.05, 0) is 0 Å². The summed E-state index contributed by atoms with van der Waals surface area (Å²) in [5, 5.41) is 3.42. The summed E-state index contributed by atoms with van der Waals surface area (Å²) >= 11 is 0. The van der Waals surface area contributed by atoms with Crippen LogP contribution in [0.3, 0.4) is 0 Å². The maximum atomic E-state index is 10.6. The van der Waals surface area contributed by atoms with Crippen molar-refractivity contribution in [1.29, 1.82) is 0 Å². The van der Waals surface area contributed by atoms with Gasteiger partial charge in [-0.15, -0.1) is 0 Å². The molecule has 5 nitrogen and oxygen atoms in total. The fourth-order valence-electron chi connectivity index (χ4n) is 0.721. The Balaban J connectivity index is 2.49. The van der Waals surface area contributed by atoms with Crippen molar-refractivity contribution in [2.75, 3.05) is 6.54 Å². The summed E-state index contributed by atoms with van der Waals surface area (Å²) in [7, 11) is 0. The van der Waals surface area contributed by atoms with E-state index in [1.807, 2.05) is 0 Å². The lowest BCUT2D eigenvalue weighted by atomic mass is 10.1. The summed E-state index contributed by atoms with van der Waals surface area (Å²) in [6.07, 6.45) is 0. The molecule has 10 heavy (non-hydrogen) atoms. The molecule has 1 saturated heterocycles. The van der Waals surface area contributed by atoms with E-state index in [0.29, 0.717) is 6.54 Å². The Hall–Kier alpha value is -1.10. The lowest BCUT2D eigenvalue weighted by Crippen LogP contribution is -2.65. The monoisotopic (exact) mass is 143 g/mol. The smallest absolute Gasteiger partial charge is 0.246 e. The van der Waals surface area contributed by atoms with Crippen molar-refractivity contribution in [1.82, 2.24) is 10.3 Å². The zero-order valence-corrected chi connectivity index (χ0v) is 5.63. The van der Waals surface area contributed by atoms with Gasteiger partial charge in [0.15, 0.2) is 0 Å². The second-order valence-corrected chi connectivity index (χ2v) is 2.19. The summed E-state index contributed by atoms with van der Waals surface area (Å²) in [4.78, 5) is 21.1. The van der Waals surface area contributed by atoms with Gasteiger partial charge in [0.2, 0.25) is 11.8 Å². The molecular formula is C5H9N3O2. The Morgan fingerprint density at radius 2 is 2.50 bits per heavy atom. The Bertz CT molecular complexity index is 172. The van der Waals surface area contributed by atoms with Gasteiger partial charge in [-0.25, -0.2) is 5.84 Å². The summed E-state index contributed by atoms with van der Waals surface area (Å²) in [6, 6.07) is -0.447. The molecule has 1 aliphatic heterocycles. The van der Waals surface area contributed by atoms with E-state index in [0.717, 1.165) is 5.01 Å². The van der Waals surface area contributed by atoms with Crippen LogP contribution in [0.15, 0.2) is 0 Å². The van der Waals surface area contributed by atoms with Crippen LogP contribution in [0.2, 0.25) is 0 Å². The molecule has 1 unspecified atom stereocenters. The molecule has 0 radical (unpaired) electrons. The van der Waals surface area contributed by atoms with Crippen molar-refractivity contribution in [2.45, 2.75) is 13.0 Å². The van der Waals surface area contributed by atoms with Crippen LogP contribution in [-0.2, 0) is 9.59 Å². The van der Waals surface area contributed by atoms with E-state index in [1.54, 1.807) is 0 Å². The third-order valence-corrected chi connectivity index (χ3v) is 1.47. The second-order valence-electron chi connectivity index (χ2n) is 2.19. The topological polar surface area (TPSA) is 75.4 Å². The maximum Gasteiger partial charge on any atom is 0.246 e. The van der Waals surface area contributed by atoms with Crippen molar-refractivity contribution in [3.63, 3.8) is 0 Å². The van der Waals surface area contributed by atoms with Crippen LogP contribution >= 0.6 is 0 Å². The Kier molecular flexibility index (Phi) is 1.58. The largest absolute Gasteiger partial charge is 0.352 e. The van der Waals surface area contributed by atoms with Crippen molar-refractivity contribution in [3.05, 3.63) is 0 Å². The van der Waals surface area contributed by atoms with Gasteiger partial charge in [-0.1, -0.05) is 0 Å². The molecule has 0 spiro atoms. The van der Waals surface area contributed by atoms with Crippen LogP contribution in [0.25, 0.3) is 0 Å². The second kappa shape index (κ2) is 2.26. The summed E-state index contributed by atoms with van der Waals surface area (Å²) in [5.41, 5.74) is 0. The molecule has 0 bridgehead atoms. The number of hydrogen-bond donors (Lipinski definition) is 2.